The van der Waals surface area contributed by atoms with Gasteiger partial charge in [-0.3, -0.25) is 0 Å². The fourth-order valence-electron chi connectivity index (χ4n) is 3.76. The Balaban J connectivity index is 1.84. The minimum absolute atomic E-state index is 1.01. The molecule has 0 nitrogen and oxygen atoms in total. The summed E-state index contributed by atoms with van der Waals surface area (Å²) >= 11 is 0. The molecule has 122 valence electrons. The van der Waals surface area contributed by atoms with Gasteiger partial charge in [0.15, 0.2) is 0 Å². The molecule has 6 aliphatic rings. The van der Waals surface area contributed by atoms with E-state index in [2.05, 4.69) is 72.2 Å². The summed E-state index contributed by atoms with van der Waals surface area (Å²) in [7, 11) is 0. The van der Waals surface area contributed by atoms with E-state index in [-0.39, 0.29) is 0 Å². The highest BCUT2D eigenvalue weighted by Gasteiger charge is 2.10. The fraction of sp³-hybridized carbons (Fsp3) is 0.154. The van der Waals surface area contributed by atoms with E-state index in [0.29, 0.717) is 0 Å². The number of aryl methyl sites for hydroxylation is 4. The van der Waals surface area contributed by atoms with Crippen molar-refractivity contribution in [3.63, 3.8) is 0 Å². The molecule has 0 aliphatic heterocycles. The summed E-state index contributed by atoms with van der Waals surface area (Å²) in [5.74, 6) is 13.7. The van der Waals surface area contributed by atoms with Gasteiger partial charge in [0, 0.05) is 22.3 Å². The molecule has 0 unspecified atom stereocenters. The van der Waals surface area contributed by atoms with Gasteiger partial charge in [-0.15, -0.1) is 0 Å². The van der Waals surface area contributed by atoms with Crippen molar-refractivity contribution in [3.8, 4) is 23.7 Å². The summed E-state index contributed by atoms with van der Waals surface area (Å²) < 4.78 is 0. The first kappa shape index (κ1) is 15.1. The zero-order valence-electron chi connectivity index (χ0n) is 14.6. The van der Waals surface area contributed by atoms with Crippen LogP contribution in [-0.2, 0) is 25.7 Å². The second-order valence-corrected chi connectivity index (χ2v) is 7.03. The van der Waals surface area contributed by atoms with Gasteiger partial charge in [-0.2, -0.15) is 0 Å². The lowest BCUT2D eigenvalue weighted by Crippen LogP contribution is -2.02. The van der Waals surface area contributed by atoms with E-state index in [9.17, 15) is 0 Å². The van der Waals surface area contributed by atoms with Crippen LogP contribution in [0.5, 0.6) is 0 Å². The van der Waals surface area contributed by atoms with Crippen molar-refractivity contribution in [2.24, 2.45) is 0 Å². The first-order valence-electron chi connectivity index (χ1n) is 9.22. The average molecular weight is 330 g/mol. The van der Waals surface area contributed by atoms with Gasteiger partial charge in [0.1, 0.15) is 0 Å². The molecular weight excluding hydrogens is 312 g/mol. The molecular formula is C26H18. The maximum absolute atomic E-state index is 3.45. The highest BCUT2D eigenvalue weighted by molar-refractivity contribution is 5.57. The van der Waals surface area contributed by atoms with Crippen molar-refractivity contribution in [3.05, 3.63) is 105 Å². The van der Waals surface area contributed by atoms with E-state index in [4.69, 9.17) is 0 Å². The molecule has 3 aromatic carbocycles. The van der Waals surface area contributed by atoms with Crippen molar-refractivity contribution in [1.82, 2.24) is 0 Å². The standard InChI is InChI=1S/C26H18/c1-2-4-22-14-16-26-18-20-6-10-24(26)12-8-19-5-9-23(11-7-20)25(17-19)15-13-21(22)3-1/h1-6,9-10,17-18H,7-8,11-12H2. The van der Waals surface area contributed by atoms with Gasteiger partial charge < -0.3 is 0 Å². The number of hydrogen-bond donors (Lipinski definition) is 0. The highest BCUT2D eigenvalue weighted by Crippen LogP contribution is 2.22. The molecule has 0 N–H and O–H groups in total. The maximum atomic E-state index is 3.45. The van der Waals surface area contributed by atoms with Crippen LogP contribution in [0.25, 0.3) is 0 Å². The van der Waals surface area contributed by atoms with Gasteiger partial charge in [0.05, 0.1) is 0 Å². The summed E-state index contributed by atoms with van der Waals surface area (Å²) in [6, 6.07) is 21.9. The molecule has 0 saturated heterocycles. The number of benzene rings is 3. The molecule has 0 fully saturated rings. The summed E-state index contributed by atoms with van der Waals surface area (Å²) in [4.78, 5) is 0. The van der Waals surface area contributed by atoms with E-state index < -0.39 is 0 Å². The molecule has 0 saturated carbocycles. The Bertz CT molecular complexity index is 1050. The van der Waals surface area contributed by atoms with Crippen LogP contribution in [0.3, 0.4) is 0 Å². The maximum Gasteiger partial charge on any atom is 0.0405 e. The summed E-state index contributed by atoms with van der Waals surface area (Å²) in [6.45, 7) is 0. The molecule has 6 aliphatic carbocycles. The molecule has 0 heteroatoms. The van der Waals surface area contributed by atoms with E-state index in [1.165, 1.54) is 33.4 Å². The smallest absolute Gasteiger partial charge is 0.0405 e. The predicted octanol–water partition coefficient (Wildman–Crippen LogP) is 4.68. The third-order valence-electron chi connectivity index (χ3n) is 5.31. The van der Waals surface area contributed by atoms with Gasteiger partial charge in [-0.05, 0) is 72.2 Å². The molecule has 3 aromatic rings. The SMILES string of the molecule is C1#Cc2cc3ccc2CCc2ccc(c(c2)C#Cc2ccccc21)CC3. The van der Waals surface area contributed by atoms with Crippen molar-refractivity contribution in [2.75, 3.05) is 0 Å². The highest BCUT2D eigenvalue weighted by atomic mass is 14.1. The van der Waals surface area contributed by atoms with E-state index >= 15 is 0 Å². The lowest BCUT2D eigenvalue weighted by molar-refractivity contribution is 0.916. The Morgan fingerprint density at radius 2 is 0.923 bits per heavy atom. The van der Waals surface area contributed by atoms with Crippen LogP contribution < -0.4 is 0 Å². The zero-order chi connectivity index (χ0) is 17.3. The molecule has 26 heavy (non-hydrogen) atoms. The van der Waals surface area contributed by atoms with E-state index in [1.54, 1.807) is 0 Å². The monoisotopic (exact) mass is 330 g/mol. The van der Waals surface area contributed by atoms with Gasteiger partial charge in [0.25, 0.3) is 0 Å². The predicted molar refractivity (Wildman–Crippen MR) is 106 cm³/mol. The van der Waals surface area contributed by atoms with Gasteiger partial charge >= 0.3 is 0 Å². The molecule has 9 rings (SSSR count). The fourth-order valence-corrected chi connectivity index (χ4v) is 3.76. The second-order valence-electron chi connectivity index (χ2n) is 7.03. The molecule has 0 spiro atoms. The summed E-state index contributed by atoms with van der Waals surface area (Å²) in [5, 5.41) is 0. The van der Waals surface area contributed by atoms with Crippen molar-refractivity contribution >= 4 is 0 Å². The topological polar surface area (TPSA) is 0 Å². The minimum Gasteiger partial charge on any atom is -0.0613 e. The Hall–Kier alpha value is -3.22. The molecule has 6 bridgehead atoms. The largest absolute Gasteiger partial charge is 0.0613 e. The molecule has 0 radical (unpaired) electrons. The van der Waals surface area contributed by atoms with E-state index in [1.807, 2.05) is 12.1 Å². The van der Waals surface area contributed by atoms with Crippen molar-refractivity contribution < 1.29 is 0 Å². The van der Waals surface area contributed by atoms with E-state index in [0.717, 1.165) is 36.8 Å². The van der Waals surface area contributed by atoms with Crippen LogP contribution in [-0.4, -0.2) is 0 Å². The molecule has 0 heterocycles. The Kier molecular flexibility index (Phi) is 3.62. The van der Waals surface area contributed by atoms with Crippen LogP contribution in [0.1, 0.15) is 44.5 Å². The third-order valence-corrected chi connectivity index (χ3v) is 5.31. The summed E-state index contributed by atoms with van der Waals surface area (Å²) in [5.41, 5.74) is 9.73. The van der Waals surface area contributed by atoms with Gasteiger partial charge in [0.2, 0.25) is 0 Å². The molecule has 0 aromatic heterocycles. The van der Waals surface area contributed by atoms with Crippen LogP contribution in [0, 0.1) is 23.7 Å². The zero-order valence-corrected chi connectivity index (χ0v) is 14.6. The lowest BCUT2D eigenvalue weighted by Gasteiger charge is -2.13. The average Bonchev–Trinajstić information content (AvgIpc) is 2.68. The van der Waals surface area contributed by atoms with Gasteiger partial charge in [-0.25, -0.2) is 0 Å². The van der Waals surface area contributed by atoms with Crippen molar-refractivity contribution in [2.45, 2.75) is 25.7 Å². The van der Waals surface area contributed by atoms with Crippen LogP contribution in [0.15, 0.2) is 60.7 Å². The number of hydrogen-bond acceptors (Lipinski definition) is 0. The minimum atomic E-state index is 1.01. The van der Waals surface area contributed by atoms with Crippen LogP contribution >= 0.6 is 0 Å². The van der Waals surface area contributed by atoms with Crippen molar-refractivity contribution in [1.29, 1.82) is 0 Å². The normalized spacial score (nSPS) is 13.5. The summed E-state index contributed by atoms with van der Waals surface area (Å²) in [6.07, 6.45) is 4.07. The third kappa shape index (κ3) is 2.81. The van der Waals surface area contributed by atoms with Crippen LogP contribution in [0.4, 0.5) is 0 Å². The second kappa shape index (κ2) is 6.25. The number of rotatable bonds is 0. The Morgan fingerprint density at radius 1 is 0.462 bits per heavy atom. The molecule has 0 amide bonds. The van der Waals surface area contributed by atoms with Gasteiger partial charge in [-0.1, -0.05) is 60.1 Å². The Labute approximate surface area is 154 Å². The lowest BCUT2D eigenvalue weighted by atomic mass is 9.91. The van der Waals surface area contributed by atoms with Crippen LogP contribution in [0.2, 0.25) is 0 Å². The first-order chi connectivity index (χ1) is 12.8. The molecule has 0 atom stereocenters. The first-order valence-corrected chi connectivity index (χ1v) is 9.22. The Morgan fingerprint density at radius 3 is 1.42 bits per heavy atom. The quantitative estimate of drug-likeness (QED) is 0.525.